The van der Waals surface area contributed by atoms with Crippen LogP contribution < -0.4 is 5.32 Å². The summed E-state index contributed by atoms with van der Waals surface area (Å²) < 4.78 is 0. The van der Waals surface area contributed by atoms with Crippen LogP contribution in [0, 0.1) is 0 Å². The quantitative estimate of drug-likeness (QED) is 0.749. The van der Waals surface area contributed by atoms with E-state index in [0.717, 1.165) is 0 Å². The molecule has 0 aromatic heterocycles. The summed E-state index contributed by atoms with van der Waals surface area (Å²) in [6.45, 7) is 0. The number of rotatable bonds is 3. The minimum absolute atomic E-state index is 0.212. The molecule has 0 saturated carbocycles. The van der Waals surface area contributed by atoms with E-state index in [1.54, 1.807) is 18.2 Å². The minimum Gasteiger partial charge on any atom is -0.480 e. The highest BCUT2D eigenvalue weighted by atomic mass is 32.2. The van der Waals surface area contributed by atoms with Crippen molar-refractivity contribution in [3.05, 3.63) is 35.4 Å². The van der Waals surface area contributed by atoms with Crippen molar-refractivity contribution in [3.63, 3.8) is 0 Å². The van der Waals surface area contributed by atoms with Gasteiger partial charge in [0.2, 0.25) is 0 Å². The lowest BCUT2D eigenvalue weighted by molar-refractivity contribution is -0.138. The molecule has 0 radical (unpaired) electrons. The number of carbonyl (C=O) groups is 2. The van der Waals surface area contributed by atoms with Crippen molar-refractivity contribution >= 4 is 23.7 Å². The summed E-state index contributed by atoms with van der Waals surface area (Å²) in [7, 11) is 0. The monoisotopic (exact) mass is 253 g/mol. The fourth-order valence-corrected chi connectivity index (χ4v) is 2.98. The van der Waals surface area contributed by atoms with Crippen LogP contribution in [0.4, 0.5) is 0 Å². The van der Waals surface area contributed by atoms with Crippen molar-refractivity contribution in [3.8, 4) is 0 Å². The molecule has 1 aliphatic heterocycles. The van der Waals surface area contributed by atoms with E-state index >= 15 is 0 Å². The van der Waals surface area contributed by atoms with Gasteiger partial charge in [-0.25, -0.2) is 4.79 Å². The van der Waals surface area contributed by atoms with Crippen LogP contribution in [-0.2, 0) is 4.79 Å². The van der Waals surface area contributed by atoms with Crippen molar-refractivity contribution in [1.29, 1.82) is 0 Å². The van der Waals surface area contributed by atoms with Gasteiger partial charge < -0.3 is 10.2 Å². The standard InChI is InChI=1S/C11H11NO4S/c13-10(14)7-4-2-1-3-6(7)9-12-8(5-17-9)11(15)16/h1-4,8-9,12H,5H2,(H,13,14)(H,15,16)/t8-,9?/m0/s1. The zero-order chi connectivity index (χ0) is 12.4. The maximum Gasteiger partial charge on any atom is 0.336 e. The lowest BCUT2D eigenvalue weighted by Crippen LogP contribution is -2.34. The lowest BCUT2D eigenvalue weighted by atomic mass is 10.1. The number of thioether (sulfide) groups is 1. The predicted molar refractivity (Wildman–Crippen MR) is 63.2 cm³/mol. The SMILES string of the molecule is O=C(O)c1ccccc1C1N[C@H](C(=O)O)CS1. The van der Waals surface area contributed by atoms with Gasteiger partial charge in [-0.1, -0.05) is 18.2 Å². The second-order valence-corrected chi connectivity index (χ2v) is 4.80. The van der Waals surface area contributed by atoms with Crippen LogP contribution >= 0.6 is 11.8 Å². The molecule has 1 aliphatic rings. The van der Waals surface area contributed by atoms with Gasteiger partial charge in [0.1, 0.15) is 6.04 Å². The first-order valence-corrected chi connectivity index (χ1v) is 6.07. The van der Waals surface area contributed by atoms with Crippen LogP contribution in [0.2, 0.25) is 0 Å². The first-order valence-electron chi connectivity index (χ1n) is 5.02. The summed E-state index contributed by atoms with van der Waals surface area (Å²) >= 11 is 1.41. The third-order valence-corrected chi connectivity index (χ3v) is 3.80. The minimum atomic E-state index is -0.998. The normalized spacial score (nSPS) is 23.5. The largest absolute Gasteiger partial charge is 0.480 e. The van der Waals surface area contributed by atoms with E-state index in [4.69, 9.17) is 10.2 Å². The molecule has 6 heteroatoms. The van der Waals surface area contributed by atoms with Crippen molar-refractivity contribution < 1.29 is 19.8 Å². The average molecular weight is 253 g/mol. The number of carboxylic acid groups (broad SMARTS) is 2. The van der Waals surface area contributed by atoms with Gasteiger partial charge in [-0.3, -0.25) is 10.1 Å². The molecule has 0 amide bonds. The highest BCUT2D eigenvalue weighted by Gasteiger charge is 2.32. The molecule has 1 heterocycles. The van der Waals surface area contributed by atoms with Crippen LogP contribution in [-0.4, -0.2) is 33.9 Å². The highest BCUT2D eigenvalue weighted by molar-refractivity contribution is 7.99. The Morgan fingerprint density at radius 1 is 1.29 bits per heavy atom. The molecule has 1 aromatic rings. The van der Waals surface area contributed by atoms with Gasteiger partial charge >= 0.3 is 11.9 Å². The van der Waals surface area contributed by atoms with Gasteiger partial charge in [0.25, 0.3) is 0 Å². The van der Waals surface area contributed by atoms with E-state index in [1.807, 2.05) is 0 Å². The Labute approximate surface area is 102 Å². The van der Waals surface area contributed by atoms with E-state index in [0.29, 0.717) is 11.3 Å². The van der Waals surface area contributed by atoms with Crippen LogP contribution in [0.3, 0.4) is 0 Å². The maximum absolute atomic E-state index is 11.0. The molecular weight excluding hydrogens is 242 g/mol. The lowest BCUT2D eigenvalue weighted by Gasteiger charge is -2.13. The summed E-state index contributed by atoms with van der Waals surface area (Å²) in [6, 6.07) is 6.01. The van der Waals surface area contributed by atoms with Gasteiger partial charge in [0.05, 0.1) is 10.9 Å². The zero-order valence-corrected chi connectivity index (χ0v) is 9.61. The molecule has 1 fully saturated rings. The first kappa shape index (κ1) is 11.9. The molecule has 0 spiro atoms. The molecule has 90 valence electrons. The van der Waals surface area contributed by atoms with Crippen LogP contribution in [0.1, 0.15) is 21.3 Å². The Balaban J connectivity index is 2.24. The third kappa shape index (κ3) is 2.42. The van der Waals surface area contributed by atoms with Gasteiger partial charge in [-0.15, -0.1) is 11.8 Å². The van der Waals surface area contributed by atoms with E-state index in [1.165, 1.54) is 17.8 Å². The van der Waals surface area contributed by atoms with Crippen molar-refractivity contribution in [1.82, 2.24) is 5.32 Å². The van der Waals surface area contributed by atoms with Gasteiger partial charge in [0.15, 0.2) is 0 Å². The van der Waals surface area contributed by atoms with E-state index in [9.17, 15) is 9.59 Å². The molecule has 1 unspecified atom stereocenters. The number of hydrogen-bond donors (Lipinski definition) is 3. The highest BCUT2D eigenvalue weighted by Crippen LogP contribution is 2.34. The first-order chi connectivity index (χ1) is 8.09. The summed E-state index contributed by atoms with van der Waals surface area (Å²) in [5, 5.41) is 20.5. The molecule has 1 saturated heterocycles. The predicted octanol–water partition coefficient (Wildman–Crippen LogP) is 1.17. The second-order valence-electron chi connectivity index (χ2n) is 3.66. The van der Waals surface area contributed by atoms with E-state index < -0.39 is 18.0 Å². The Hall–Kier alpha value is -1.53. The molecule has 2 rings (SSSR count). The summed E-state index contributed by atoms with van der Waals surface area (Å²) in [5.41, 5.74) is 0.831. The molecule has 5 nitrogen and oxygen atoms in total. The van der Waals surface area contributed by atoms with E-state index in [2.05, 4.69) is 5.32 Å². The molecule has 17 heavy (non-hydrogen) atoms. The number of carboxylic acids is 2. The molecule has 2 atom stereocenters. The second kappa shape index (κ2) is 4.77. The third-order valence-electron chi connectivity index (χ3n) is 2.55. The smallest absolute Gasteiger partial charge is 0.336 e. The molecule has 3 N–H and O–H groups in total. The Morgan fingerprint density at radius 2 is 2.00 bits per heavy atom. The van der Waals surface area contributed by atoms with Gasteiger partial charge in [0, 0.05) is 5.75 Å². The summed E-state index contributed by atoms with van der Waals surface area (Å²) in [5.74, 6) is -1.47. The Bertz CT molecular complexity index is 463. The Morgan fingerprint density at radius 3 is 2.59 bits per heavy atom. The summed E-state index contributed by atoms with van der Waals surface area (Å²) in [6.07, 6.45) is 0. The van der Waals surface area contributed by atoms with Crippen LogP contribution in [0.5, 0.6) is 0 Å². The average Bonchev–Trinajstić information content (AvgIpc) is 2.78. The molecular formula is C11H11NO4S. The number of aliphatic carboxylic acids is 1. The van der Waals surface area contributed by atoms with Crippen LogP contribution in [0.15, 0.2) is 24.3 Å². The van der Waals surface area contributed by atoms with E-state index in [-0.39, 0.29) is 10.9 Å². The number of nitrogens with one attached hydrogen (secondary N) is 1. The maximum atomic E-state index is 11.0. The van der Waals surface area contributed by atoms with Crippen molar-refractivity contribution in [2.24, 2.45) is 0 Å². The number of hydrogen-bond acceptors (Lipinski definition) is 4. The van der Waals surface area contributed by atoms with Crippen molar-refractivity contribution in [2.75, 3.05) is 5.75 Å². The zero-order valence-electron chi connectivity index (χ0n) is 8.79. The van der Waals surface area contributed by atoms with Gasteiger partial charge in [-0.05, 0) is 11.6 Å². The molecule has 0 bridgehead atoms. The molecule has 0 aliphatic carbocycles. The summed E-state index contributed by atoms with van der Waals surface area (Å²) in [4.78, 5) is 21.8. The fraction of sp³-hybridized carbons (Fsp3) is 0.273. The number of benzene rings is 1. The Kier molecular flexibility index (Phi) is 3.35. The fourth-order valence-electron chi connectivity index (χ4n) is 1.71. The topological polar surface area (TPSA) is 86.6 Å². The van der Waals surface area contributed by atoms with Crippen molar-refractivity contribution in [2.45, 2.75) is 11.4 Å². The number of aromatic carboxylic acids is 1. The van der Waals surface area contributed by atoms with Crippen LogP contribution in [0.25, 0.3) is 0 Å². The van der Waals surface area contributed by atoms with Gasteiger partial charge in [-0.2, -0.15) is 0 Å². The molecule has 1 aromatic carbocycles.